The van der Waals surface area contributed by atoms with Gasteiger partial charge in [0.25, 0.3) is 11.7 Å². The number of benzene rings is 1. The number of ether oxygens (including phenoxy) is 1. The third-order valence-electron chi connectivity index (χ3n) is 3.65. The lowest BCUT2D eigenvalue weighted by molar-refractivity contribution is -0.149. The minimum atomic E-state index is -4.81. The molecule has 0 aliphatic carbocycles. The van der Waals surface area contributed by atoms with Gasteiger partial charge >= 0.3 is 12.2 Å². The van der Waals surface area contributed by atoms with Gasteiger partial charge in [0.2, 0.25) is 0 Å². The molecule has 0 radical (unpaired) electrons. The molecule has 24 heavy (non-hydrogen) atoms. The van der Waals surface area contributed by atoms with E-state index in [0.29, 0.717) is 10.2 Å². The first-order valence-corrected chi connectivity index (χ1v) is 7.30. The van der Waals surface area contributed by atoms with Gasteiger partial charge in [0.05, 0.1) is 7.11 Å². The van der Waals surface area contributed by atoms with Crippen molar-refractivity contribution in [1.29, 1.82) is 0 Å². The summed E-state index contributed by atoms with van der Waals surface area (Å²) in [4.78, 5) is 12.2. The van der Waals surface area contributed by atoms with Crippen molar-refractivity contribution in [3.8, 4) is 6.01 Å². The van der Waals surface area contributed by atoms with Crippen LogP contribution in [0, 0.1) is 6.92 Å². The average molecular weight is 361 g/mol. The number of carbonyl (C=O) groups is 1. The maximum Gasteiger partial charge on any atom is 0.453 e. The van der Waals surface area contributed by atoms with Gasteiger partial charge in [0, 0.05) is 0 Å². The Morgan fingerprint density at radius 1 is 1.29 bits per heavy atom. The molecule has 0 saturated carbocycles. The molecule has 2 unspecified atom stereocenters. The summed E-state index contributed by atoms with van der Waals surface area (Å²) in [5.74, 6) is -2.04. The van der Waals surface area contributed by atoms with Crippen LogP contribution in [0.2, 0.25) is 0 Å². The molecular weight excluding hydrogens is 349 g/mol. The molecule has 0 spiro atoms. The van der Waals surface area contributed by atoms with Gasteiger partial charge in [-0.3, -0.25) is 4.79 Å². The number of β-lactam (4-membered cyclic amide) rings is 1. The molecule has 10 heteroatoms. The highest BCUT2D eigenvalue weighted by Crippen LogP contribution is 2.41. The number of aromatic nitrogens is 3. The molecule has 1 fully saturated rings. The van der Waals surface area contributed by atoms with Gasteiger partial charge < -0.3 is 4.74 Å². The molecule has 0 N–H and O–H groups in total. The van der Waals surface area contributed by atoms with Gasteiger partial charge in [-0.05, 0) is 12.5 Å². The van der Waals surface area contributed by atoms with Crippen LogP contribution in [-0.2, 0) is 11.0 Å². The summed E-state index contributed by atoms with van der Waals surface area (Å²) in [6, 6.07) is 5.78. The lowest BCUT2D eigenvalue weighted by atomic mass is 9.94. The molecular formula is C14H12ClF3N4O2. The number of methoxy groups -OCH3 is 1. The van der Waals surface area contributed by atoms with Crippen LogP contribution in [0.4, 0.5) is 13.2 Å². The van der Waals surface area contributed by atoms with Gasteiger partial charge in [-0.25, -0.2) is 5.01 Å². The molecule has 2 aromatic rings. The smallest absolute Gasteiger partial charge is 0.453 e. The van der Waals surface area contributed by atoms with Gasteiger partial charge in [-0.2, -0.15) is 17.8 Å². The summed E-state index contributed by atoms with van der Waals surface area (Å²) >= 11 is 6.06. The largest absolute Gasteiger partial charge is 0.466 e. The van der Waals surface area contributed by atoms with Crippen molar-refractivity contribution in [2.75, 3.05) is 12.1 Å². The standard InChI is InChI=1S/C14H12ClF3N4O2/c1-7-4-3-5-8(6-7)10-9(15)11(23)21(10)22-12(14(16,17)18)19-20-13(22)24-2/h3-6,9-10H,1-2H3. The predicted molar refractivity (Wildman–Crippen MR) is 78.4 cm³/mol. The van der Waals surface area contributed by atoms with Crippen molar-refractivity contribution in [1.82, 2.24) is 14.9 Å². The maximum absolute atomic E-state index is 13.2. The molecule has 1 aliphatic heterocycles. The third-order valence-corrected chi connectivity index (χ3v) is 4.08. The molecule has 1 aliphatic rings. The van der Waals surface area contributed by atoms with Crippen molar-refractivity contribution < 1.29 is 22.7 Å². The first-order chi connectivity index (χ1) is 11.3. The minimum absolute atomic E-state index is 0.447. The second kappa shape index (κ2) is 5.66. The fourth-order valence-corrected chi connectivity index (χ4v) is 2.94. The van der Waals surface area contributed by atoms with E-state index >= 15 is 0 Å². The van der Waals surface area contributed by atoms with Crippen molar-refractivity contribution in [2.45, 2.75) is 24.5 Å². The molecule has 1 aromatic carbocycles. The van der Waals surface area contributed by atoms with E-state index in [1.54, 1.807) is 18.2 Å². The Kier molecular flexibility index (Phi) is 3.90. The van der Waals surface area contributed by atoms with Crippen LogP contribution in [0.25, 0.3) is 0 Å². The Bertz CT molecular complexity index is 793. The summed E-state index contributed by atoms with van der Waals surface area (Å²) in [6.45, 7) is 1.83. The SMILES string of the molecule is COc1nnc(C(F)(F)F)n1N1C(=O)C(Cl)C1c1cccc(C)c1. The van der Waals surface area contributed by atoms with Gasteiger partial charge in [0.15, 0.2) is 0 Å². The monoisotopic (exact) mass is 360 g/mol. The van der Waals surface area contributed by atoms with E-state index in [9.17, 15) is 18.0 Å². The Balaban J connectivity index is 2.11. The lowest BCUT2D eigenvalue weighted by Crippen LogP contribution is -2.62. The summed E-state index contributed by atoms with van der Waals surface area (Å²) in [7, 11) is 1.14. The van der Waals surface area contributed by atoms with Crippen molar-refractivity contribution in [3.63, 3.8) is 0 Å². The summed E-state index contributed by atoms with van der Waals surface area (Å²) in [5, 5.41) is 6.32. The molecule has 1 aromatic heterocycles. The highest BCUT2D eigenvalue weighted by Gasteiger charge is 2.53. The van der Waals surface area contributed by atoms with E-state index in [2.05, 4.69) is 10.2 Å². The van der Waals surface area contributed by atoms with Crippen LogP contribution < -0.4 is 9.75 Å². The zero-order valence-electron chi connectivity index (χ0n) is 12.6. The highest BCUT2D eigenvalue weighted by atomic mass is 35.5. The van der Waals surface area contributed by atoms with Crippen LogP contribution in [-0.4, -0.2) is 33.3 Å². The van der Waals surface area contributed by atoms with Crippen LogP contribution in [0.3, 0.4) is 0 Å². The molecule has 2 heterocycles. The molecule has 1 saturated heterocycles. The number of rotatable bonds is 3. The molecule has 0 bridgehead atoms. The number of aryl methyl sites for hydroxylation is 1. The molecule has 1 amide bonds. The van der Waals surface area contributed by atoms with Gasteiger partial charge in [0.1, 0.15) is 11.4 Å². The molecule has 128 valence electrons. The quantitative estimate of drug-likeness (QED) is 0.623. The number of carbonyl (C=O) groups excluding carboxylic acids is 1. The zero-order chi connectivity index (χ0) is 17.6. The number of hydrogen-bond acceptors (Lipinski definition) is 4. The van der Waals surface area contributed by atoms with Crippen LogP contribution in [0.15, 0.2) is 24.3 Å². The average Bonchev–Trinajstić information content (AvgIpc) is 2.94. The second-order valence-corrected chi connectivity index (χ2v) is 5.73. The lowest BCUT2D eigenvalue weighted by Gasteiger charge is -2.44. The number of hydrogen-bond donors (Lipinski definition) is 0. The second-order valence-electron chi connectivity index (χ2n) is 5.26. The summed E-state index contributed by atoms with van der Waals surface area (Å²) in [6.07, 6.45) is -4.81. The van der Waals surface area contributed by atoms with Crippen molar-refractivity contribution >= 4 is 17.5 Å². The summed E-state index contributed by atoms with van der Waals surface area (Å²) in [5.41, 5.74) is 1.50. The topological polar surface area (TPSA) is 60.3 Å². The number of nitrogens with zero attached hydrogens (tertiary/aromatic N) is 4. The normalized spacial score (nSPS) is 20.9. The van der Waals surface area contributed by atoms with Crippen LogP contribution in [0.5, 0.6) is 6.01 Å². The number of alkyl halides is 4. The maximum atomic E-state index is 13.2. The Hall–Kier alpha value is -2.29. The molecule has 3 rings (SSSR count). The van der Waals surface area contributed by atoms with Gasteiger partial charge in [-0.1, -0.05) is 34.9 Å². The van der Waals surface area contributed by atoms with Gasteiger partial charge in [-0.15, -0.1) is 16.7 Å². The Morgan fingerprint density at radius 2 is 2.00 bits per heavy atom. The predicted octanol–water partition coefficient (Wildman–Crippen LogP) is 2.44. The van der Waals surface area contributed by atoms with E-state index in [-0.39, 0.29) is 0 Å². The Labute approximate surface area is 139 Å². The number of amides is 1. The highest BCUT2D eigenvalue weighted by molar-refractivity contribution is 6.36. The molecule has 6 nitrogen and oxygen atoms in total. The van der Waals surface area contributed by atoms with E-state index in [0.717, 1.165) is 17.7 Å². The Morgan fingerprint density at radius 3 is 2.58 bits per heavy atom. The van der Waals surface area contributed by atoms with Crippen molar-refractivity contribution in [2.24, 2.45) is 0 Å². The van der Waals surface area contributed by atoms with E-state index in [4.69, 9.17) is 16.3 Å². The zero-order valence-corrected chi connectivity index (χ0v) is 13.3. The summed E-state index contributed by atoms with van der Waals surface area (Å²) < 4.78 is 44.9. The van der Waals surface area contributed by atoms with Crippen molar-refractivity contribution in [3.05, 3.63) is 41.2 Å². The van der Waals surface area contributed by atoms with E-state index in [1.807, 2.05) is 13.0 Å². The van der Waals surface area contributed by atoms with Crippen LogP contribution >= 0.6 is 11.6 Å². The molecule has 2 atom stereocenters. The van der Waals surface area contributed by atoms with Crippen LogP contribution in [0.1, 0.15) is 23.0 Å². The first-order valence-electron chi connectivity index (χ1n) is 6.86. The number of halogens is 4. The fraction of sp³-hybridized carbons (Fsp3) is 0.357. The van der Waals surface area contributed by atoms with E-state index < -0.39 is 35.3 Å². The van der Waals surface area contributed by atoms with E-state index in [1.165, 1.54) is 0 Å². The minimum Gasteiger partial charge on any atom is -0.466 e. The third kappa shape index (κ3) is 2.48. The fourth-order valence-electron chi connectivity index (χ4n) is 2.59. The first kappa shape index (κ1) is 16.6.